The molecule has 1 fully saturated rings. The number of hydrogen-bond donors (Lipinski definition) is 2. The molecule has 0 spiro atoms. The summed E-state index contributed by atoms with van der Waals surface area (Å²) in [6.45, 7) is 8.37. The second kappa shape index (κ2) is 9.09. The van der Waals surface area contributed by atoms with E-state index in [0.29, 0.717) is 12.6 Å². The summed E-state index contributed by atoms with van der Waals surface area (Å²) in [6.07, 6.45) is 3.63. The molecule has 5 nitrogen and oxygen atoms in total. The van der Waals surface area contributed by atoms with Gasteiger partial charge in [-0.05, 0) is 76.6 Å². The molecule has 1 saturated carbocycles. The third-order valence-electron chi connectivity index (χ3n) is 4.59. The van der Waals surface area contributed by atoms with E-state index < -0.39 is 5.60 Å². The lowest BCUT2D eigenvalue weighted by Crippen LogP contribution is -2.42. The summed E-state index contributed by atoms with van der Waals surface area (Å²) in [5.41, 5.74) is 3.10. The first-order chi connectivity index (χ1) is 12.2. The van der Waals surface area contributed by atoms with E-state index in [9.17, 15) is 4.79 Å². The Morgan fingerprint density at radius 1 is 1.19 bits per heavy atom. The van der Waals surface area contributed by atoms with Crippen molar-refractivity contribution < 1.29 is 14.3 Å². The van der Waals surface area contributed by atoms with Gasteiger partial charge < -0.3 is 20.1 Å². The molecule has 1 aliphatic carbocycles. The van der Waals surface area contributed by atoms with Crippen molar-refractivity contribution in [2.45, 2.75) is 77.7 Å². The van der Waals surface area contributed by atoms with Crippen molar-refractivity contribution >= 4 is 27.7 Å². The quantitative estimate of drug-likeness (QED) is 0.682. The molecule has 1 amide bonds. The number of carbonyl (C=O) groups excluding carboxylic acids is 1. The van der Waals surface area contributed by atoms with Gasteiger partial charge in [0, 0.05) is 29.4 Å². The maximum Gasteiger partial charge on any atom is 0.407 e. The van der Waals surface area contributed by atoms with Crippen molar-refractivity contribution in [1.29, 1.82) is 0 Å². The molecule has 0 bridgehead atoms. The monoisotopic (exact) mass is 426 g/mol. The lowest BCUT2D eigenvalue weighted by molar-refractivity contribution is 0.0492. The molecule has 1 aromatic carbocycles. The van der Waals surface area contributed by atoms with Crippen LogP contribution in [-0.4, -0.2) is 30.9 Å². The number of amides is 1. The van der Waals surface area contributed by atoms with Gasteiger partial charge in [-0.3, -0.25) is 0 Å². The van der Waals surface area contributed by atoms with Crippen molar-refractivity contribution in [1.82, 2.24) is 5.32 Å². The van der Waals surface area contributed by atoms with Gasteiger partial charge in [0.1, 0.15) is 5.60 Å². The van der Waals surface area contributed by atoms with Crippen molar-refractivity contribution in [2.24, 2.45) is 0 Å². The maximum absolute atomic E-state index is 11.9. The fraction of sp³-hybridized carbons (Fsp3) is 0.650. The van der Waals surface area contributed by atoms with Gasteiger partial charge in [-0.25, -0.2) is 4.79 Å². The van der Waals surface area contributed by atoms with Crippen LogP contribution < -0.4 is 10.6 Å². The van der Waals surface area contributed by atoms with Crippen molar-refractivity contribution in [3.8, 4) is 0 Å². The highest BCUT2D eigenvalue weighted by Gasteiger charge is 2.25. The lowest BCUT2D eigenvalue weighted by atomic mass is 9.90. The van der Waals surface area contributed by atoms with Gasteiger partial charge in [0.15, 0.2) is 0 Å². The molecule has 26 heavy (non-hydrogen) atoms. The summed E-state index contributed by atoms with van der Waals surface area (Å²) < 4.78 is 11.7. The number of carbonyl (C=O) groups is 1. The second-order valence-corrected chi connectivity index (χ2v) is 8.93. The smallest absolute Gasteiger partial charge is 0.407 e. The first-order valence-electron chi connectivity index (χ1n) is 9.22. The van der Waals surface area contributed by atoms with Crippen LogP contribution in [0.1, 0.15) is 57.6 Å². The van der Waals surface area contributed by atoms with Crippen LogP contribution in [-0.2, 0) is 16.1 Å². The zero-order valence-electron chi connectivity index (χ0n) is 16.4. The highest BCUT2D eigenvalue weighted by molar-refractivity contribution is 9.10. The van der Waals surface area contributed by atoms with Gasteiger partial charge in [-0.15, -0.1) is 0 Å². The van der Waals surface area contributed by atoms with Gasteiger partial charge >= 0.3 is 6.09 Å². The van der Waals surface area contributed by atoms with Crippen LogP contribution in [0.25, 0.3) is 0 Å². The van der Waals surface area contributed by atoms with Crippen molar-refractivity contribution in [3.05, 3.63) is 27.7 Å². The standard InChI is InChI=1S/C20H31BrN2O3/c1-13-14(12-25-5)10-15(21)11-18(13)22-16-6-8-17(9-7-16)23-19(24)26-20(2,3)4/h10-11,16-17,22H,6-9,12H2,1-5H3,(H,23,24)/t16-,17-. The van der Waals surface area contributed by atoms with Crippen LogP contribution in [0, 0.1) is 6.92 Å². The fourth-order valence-electron chi connectivity index (χ4n) is 3.27. The number of hydrogen-bond acceptors (Lipinski definition) is 4. The Morgan fingerprint density at radius 2 is 1.81 bits per heavy atom. The van der Waals surface area contributed by atoms with Gasteiger partial charge in [0.2, 0.25) is 0 Å². The van der Waals surface area contributed by atoms with Crippen LogP contribution in [0.15, 0.2) is 16.6 Å². The summed E-state index contributed by atoms with van der Waals surface area (Å²) in [7, 11) is 1.71. The molecule has 0 radical (unpaired) electrons. The minimum absolute atomic E-state index is 0.190. The molecule has 0 aliphatic heterocycles. The summed E-state index contributed by atoms with van der Waals surface area (Å²) in [6, 6.07) is 4.83. The molecular weight excluding hydrogens is 396 g/mol. The van der Waals surface area contributed by atoms with Crippen molar-refractivity contribution in [3.63, 3.8) is 0 Å². The molecule has 0 aromatic heterocycles. The first kappa shape index (κ1) is 21.0. The Labute approximate surface area is 165 Å². The van der Waals surface area contributed by atoms with Crippen LogP contribution in [0.2, 0.25) is 0 Å². The van der Waals surface area contributed by atoms with Crippen LogP contribution in [0.5, 0.6) is 0 Å². The number of anilines is 1. The van der Waals surface area contributed by atoms with E-state index >= 15 is 0 Å². The number of rotatable bonds is 5. The molecule has 0 saturated heterocycles. The van der Waals surface area contributed by atoms with Gasteiger partial charge in [0.25, 0.3) is 0 Å². The number of benzene rings is 1. The molecular formula is C20H31BrN2O3. The van der Waals surface area contributed by atoms with E-state index in [1.165, 1.54) is 11.1 Å². The third kappa shape index (κ3) is 6.47. The van der Waals surface area contributed by atoms with E-state index in [2.05, 4.69) is 45.6 Å². The van der Waals surface area contributed by atoms with E-state index in [-0.39, 0.29) is 12.1 Å². The Kier molecular flexibility index (Phi) is 7.35. The summed E-state index contributed by atoms with van der Waals surface area (Å²) in [4.78, 5) is 11.9. The van der Waals surface area contributed by atoms with E-state index in [1.807, 2.05) is 20.8 Å². The zero-order valence-corrected chi connectivity index (χ0v) is 18.0. The van der Waals surface area contributed by atoms with Gasteiger partial charge in [-0.1, -0.05) is 15.9 Å². The minimum Gasteiger partial charge on any atom is -0.444 e. The highest BCUT2D eigenvalue weighted by atomic mass is 79.9. The van der Waals surface area contributed by atoms with E-state index in [4.69, 9.17) is 9.47 Å². The number of halogens is 1. The first-order valence-corrected chi connectivity index (χ1v) is 10.0. The summed E-state index contributed by atoms with van der Waals surface area (Å²) in [5.74, 6) is 0. The highest BCUT2D eigenvalue weighted by Crippen LogP contribution is 2.29. The second-order valence-electron chi connectivity index (χ2n) is 8.01. The molecule has 1 aromatic rings. The number of nitrogens with one attached hydrogen (secondary N) is 2. The number of methoxy groups -OCH3 is 1. The normalized spacial score (nSPS) is 20.5. The van der Waals surface area contributed by atoms with Crippen LogP contribution in [0.4, 0.5) is 10.5 Å². The maximum atomic E-state index is 11.9. The number of ether oxygens (including phenoxy) is 2. The minimum atomic E-state index is -0.457. The predicted octanol–water partition coefficient (Wildman–Crippen LogP) is 5.15. The van der Waals surface area contributed by atoms with E-state index in [0.717, 1.165) is 35.8 Å². The third-order valence-corrected chi connectivity index (χ3v) is 5.05. The average Bonchev–Trinajstić information content (AvgIpc) is 2.52. The predicted molar refractivity (Wildman–Crippen MR) is 109 cm³/mol. The Morgan fingerprint density at radius 3 is 2.38 bits per heavy atom. The summed E-state index contributed by atoms with van der Waals surface area (Å²) in [5, 5.41) is 6.66. The molecule has 1 aliphatic rings. The van der Waals surface area contributed by atoms with Gasteiger partial charge in [0.05, 0.1) is 6.61 Å². The SMILES string of the molecule is COCc1cc(Br)cc(N[C@H]2CC[C@H](NC(=O)OC(C)(C)C)CC2)c1C. The molecule has 0 atom stereocenters. The largest absolute Gasteiger partial charge is 0.444 e. The van der Waals surface area contributed by atoms with Crippen LogP contribution >= 0.6 is 15.9 Å². The number of alkyl carbamates (subject to hydrolysis) is 1. The molecule has 0 unspecified atom stereocenters. The Hall–Kier alpha value is -1.27. The summed E-state index contributed by atoms with van der Waals surface area (Å²) >= 11 is 3.59. The molecule has 6 heteroatoms. The molecule has 0 heterocycles. The lowest BCUT2D eigenvalue weighted by Gasteiger charge is -2.31. The fourth-order valence-corrected chi connectivity index (χ4v) is 3.77. The van der Waals surface area contributed by atoms with E-state index in [1.54, 1.807) is 7.11 Å². The molecule has 146 valence electrons. The molecule has 2 N–H and O–H groups in total. The zero-order chi connectivity index (χ0) is 19.3. The van der Waals surface area contributed by atoms with Crippen molar-refractivity contribution in [2.75, 3.05) is 12.4 Å². The Bertz CT molecular complexity index is 620. The van der Waals surface area contributed by atoms with Gasteiger partial charge in [-0.2, -0.15) is 0 Å². The van der Waals surface area contributed by atoms with Crippen LogP contribution in [0.3, 0.4) is 0 Å². The molecule has 2 rings (SSSR count). The Balaban J connectivity index is 1.88. The average molecular weight is 427 g/mol. The topological polar surface area (TPSA) is 59.6 Å².